The molecule has 1 aromatic rings. The number of allylic oxidation sites excluding steroid dienone is 2. The Kier molecular flexibility index (Phi) is 5.61. The molecule has 0 bridgehead atoms. The first-order valence-electron chi connectivity index (χ1n) is 14.3. The molecule has 0 fully saturated rings. The highest BCUT2D eigenvalue weighted by atomic mass is 35.5. The molecule has 1 amide bonds. The van der Waals surface area contributed by atoms with E-state index in [0.29, 0.717) is 6.08 Å². The highest BCUT2D eigenvalue weighted by Gasteiger charge is 2.21. The molecular formula is C21H29ClN2O6. The number of ether oxygens (including phenoxy) is 4. The van der Waals surface area contributed by atoms with Crippen LogP contribution in [0.3, 0.4) is 0 Å². The van der Waals surface area contributed by atoms with Gasteiger partial charge in [-0.3, -0.25) is 4.79 Å². The number of rotatable bonds is 9. The van der Waals surface area contributed by atoms with Crippen LogP contribution in [0.15, 0.2) is 42.2 Å². The second-order valence-electron chi connectivity index (χ2n) is 5.48. The molecule has 166 valence electrons. The molecule has 30 heavy (non-hydrogen) atoms. The molecule has 3 N–H and O–H groups in total. The molecule has 8 nitrogen and oxygen atoms in total. The highest BCUT2D eigenvalue weighted by molar-refractivity contribution is 5.85. The summed E-state index contributed by atoms with van der Waals surface area (Å²) < 4.78 is 114. The van der Waals surface area contributed by atoms with E-state index in [1.807, 2.05) is 0 Å². The van der Waals surface area contributed by atoms with Gasteiger partial charge in [-0.2, -0.15) is 0 Å². The number of amides is 1. The van der Waals surface area contributed by atoms with Gasteiger partial charge >= 0.3 is 6.16 Å². The van der Waals surface area contributed by atoms with Gasteiger partial charge in [0.2, 0.25) is 5.91 Å². The first-order chi connectivity index (χ1) is 18.6. The number of carbonyl (C=O) groups is 2. The first-order valence-corrected chi connectivity index (χ1v) is 8.35. The molecule has 0 aromatic heterocycles. The molecule has 0 radical (unpaired) electrons. The van der Waals surface area contributed by atoms with Crippen LogP contribution in [0.25, 0.3) is 6.05 Å². The van der Waals surface area contributed by atoms with Gasteiger partial charge in [0, 0.05) is 23.5 Å². The molecule has 0 heterocycles. The van der Waals surface area contributed by atoms with Crippen LogP contribution in [0.2, 0.25) is 0 Å². The topological polar surface area (TPSA) is 109 Å². The van der Waals surface area contributed by atoms with Gasteiger partial charge in [0.1, 0.15) is 12.4 Å². The lowest BCUT2D eigenvalue weighted by atomic mass is 9.91. The van der Waals surface area contributed by atoms with E-state index in [9.17, 15) is 9.59 Å². The normalized spacial score (nSPS) is 32.1. The van der Waals surface area contributed by atoms with E-state index in [1.165, 1.54) is 24.3 Å². The number of nitrogens with two attached hydrogens (primary N) is 1. The molecule has 2 atom stereocenters. The van der Waals surface area contributed by atoms with Crippen molar-refractivity contribution >= 4 is 30.5 Å². The Morgan fingerprint density at radius 1 is 1.40 bits per heavy atom. The van der Waals surface area contributed by atoms with Gasteiger partial charge in [-0.05, 0) is 30.1 Å². The summed E-state index contributed by atoms with van der Waals surface area (Å²) in [7, 11) is -6.47. The maximum atomic E-state index is 11.8. The van der Waals surface area contributed by atoms with Crippen molar-refractivity contribution in [1.82, 2.24) is 5.32 Å². The van der Waals surface area contributed by atoms with Crippen LogP contribution in [0.4, 0.5) is 4.79 Å². The third-order valence-electron chi connectivity index (χ3n) is 3.40. The van der Waals surface area contributed by atoms with Gasteiger partial charge in [-0.25, -0.2) is 4.79 Å². The van der Waals surface area contributed by atoms with Crippen molar-refractivity contribution in [3.63, 3.8) is 0 Å². The molecule has 1 aromatic carbocycles. The van der Waals surface area contributed by atoms with Crippen molar-refractivity contribution in [3.8, 4) is 5.75 Å². The largest absolute Gasteiger partial charge is 0.513 e. The quantitative estimate of drug-likeness (QED) is 0.336. The summed E-state index contributed by atoms with van der Waals surface area (Å²) in [6.07, 6.45) is -7.95. The number of hydrogen-bond acceptors (Lipinski definition) is 7. The van der Waals surface area contributed by atoms with Crippen LogP contribution in [0, 0.1) is 5.89 Å². The number of hydrogen-bond donors (Lipinski definition) is 2. The van der Waals surface area contributed by atoms with Gasteiger partial charge in [-0.15, -0.1) is 12.4 Å². The Bertz CT molecular complexity index is 1190. The van der Waals surface area contributed by atoms with E-state index in [0.717, 1.165) is 0 Å². The number of carbonyl (C=O) groups excluding carboxylic acids is 2. The average Bonchev–Trinajstić information content (AvgIpc) is 2.82. The Morgan fingerprint density at radius 2 is 2.20 bits per heavy atom. The predicted molar refractivity (Wildman–Crippen MR) is 115 cm³/mol. The molecular weight excluding hydrogens is 412 g/mol. The minimum atomic E-state index is -3.34. The summed E-state index contributed by atoms with van der Waals surface area (Å²) in [6, 6.07) is 2.96. The average molecular weight is 453 g/mol. The minimum Gasteiger partial charge on any atom is -0.501 e. The Morgan fingerprint density at radius 3 is 2.90 bits per heavy atom. The Balaban J connectivity index is 0.00000882. The summed E-state index contributed by atoms with van der Waals surface area (Å²) in [5.41, 5.74) is 5.05. The number of halogens is 1. The molecule has 2 rings (SSSR count). The fourth-order valence-electron chi connectivity index (χ4n) is 2.06. The standard InChI is InChI=1S/C21H28N2O6.ClH/c1-26-18-11-16(12-19(13-18)27-2)4-3-15-5-7-17(8-6-15)29-21(25)28-10-9-23-20(24)14-22;/h3-8,11,16,19H,9-10,12-14,22H2,1-2H3,(H,23,24);1H/i1D3,2D3,3D,4D,12D2,16D,19D;. The van der Waals surface area contributed by atoms with Crippen molar-refractivity contribution in [2.24, 2.45) is 11.6 Å². The maximum Gasteiger partial charge on any atom is 0.513 e. The molecule has 1 aliphatic rings. The van der Waals surface area contributed by atoms with E-state index in [-0.39, 0.29) is 43.4 Å². The van der Waals surface area contributed by atoms with Crippen LogP contribution in [-0.2, 0) is 19.0 Å². The molecule has 1 aliphatic carbocycles. The number of benzene rings is 1. The van der Waals surface area contributed by atoms with Crippen LogP contribution in [0.1, 0.15) is 34.8 Å². The van der Waals surface area contributed by atoms with Crippen LogP contribution < -0.4 is 15.8 Å². The van der Waals surface area contributed by atoms with Crippen LogP contribution in [0.5, 0.6) is 5.75 Å². The van der Waals surface area contributed by atoms with Crippen molar-refractivity contribution in [1.29, 1.82) is 0 Å². The molecule has 9 heteroatoms. The highest BCUT2D eigenvalue weighted by Crippen LogP contribution is 2.27. The van der Waals surface area contributed by atoms with E-state index in [4.69, 9.17) is 36.4 Å². The molecule has 0 spiro atoms. The zero-order valence-electron chi connectivity index (χ0n) is 27.7. The lowest BCUT2D eigenvalue weighted by Crippen LogP contribution is -2.33. The van der Waals surface area contributed by atoms with Crippen molar-refractivity contribution in [2.75, 3.05) is 33.8 Å². The van der Waals surface area contributed by atoms with Gasteiger partial charge in [0.25, 0.3) is 0 Å². The number of nitrogens with one attached hydrogen (secondary N) is 1. The summed E-state index contributed by atoms with van der Waals surface area (Å²) in [5.74, 6) is -4.22. The molecule has 0 aliphatic heterocycles. The number of methoxy groups -OCH3 is 2. The van der Waals surface area contributed by atoms with Gasteiger partial charge < -0.3 is 30.0 Å². The summed E-state index contributed by atoms with van der Waals surface area (Å²) in [4.78, 5) is 22.9. The third kappa shape index (κ3) is 8.86. The van der Waals surface area contributed by atoms with Crippen molar-refractivity contribution < 1.29 is 45.0 Å². The second-order valence-corrected chi connectivity index (χ2v) is 5.48. The van der Waals surface area contributed by atoms with E-state index in [2.05, 4.69) is 10.1 Å². The fourth-order valence-corrected chi connectivity index (χ4v) is 2.06. The molecule has 0 saturated carbocycles. The first kappa shape index (κ1) is 12.3. The summed E-state index contributed by atoms with van der Waals surface area (Å²) >= 11 is 0. The third-order valence-corrected chi connectivity index (χ3v) is 3.40. The Hall–Kier alpha value is -2.55. The fraction of sp³-hybridized carbons (Fsp3) is 0.429. The van der Waals surface area contributed by atoms with Crippen molar-refractivity contribution in [2.45, 2.75) is 18.9 Å². The van der Waals surface area contributed by atoms with E-state index < -0.39 is 68.8 Å². The Labute approximate surface area is 199 Å². The maximum absolute atomic E-state index is 11.8. The van der Waals surface area contributed by atoms with Gasteiger partial charge in [0.15, 0.2) is 0 Å². The van der Waals surface area contributed by atoms with Gasteiger partial charge in [0.05, 0.1) is 44.3 Å². The SMILES string of the molecule is Cl.[2H]C(=C([2H])C1([2H])C=C(OC([2H])([2H])[2H])CC([2H])(OC([2H])([2H])[2H])C1([2H])[2H])c1ccc(OC(=O)OCCNC(=O)CN)cc1. The van der Waals surface area contributed by atoms with E-state index >= 15 is 0 Å². The van der Waals surface area contributed by atoms with E-state index in [1.54, 1.807) is 0 Å². The zero-order chi connectivity index (χ0) is 31.4. The monoisotopic (exact) mass is 452 g/mol. The summed E-state index contributed by atoms with van der Waals surface area (Å²) in [6.45, 7) is -0.444. The van der Waals surface area contributed by atoms with Crippen LogP contribution in [-0.4, -0.2) is 51.9 Å². The van der Waals surface area contributed by atoms with Crippen LogP contribution >= 0.6 is 12.4 Å². The van der Waals surface area contributed by atoms with Gasteiger partial charge in [-0.1, -0.05) is 24.2 Å². The second kappa shape index (κ2) is 13.6. The summed E-state index contributed by atoms with van der Waals surface area (Å²) in [5, 5.41) is 2.38. The lowest BCUT2D eigenvalue weighted by Gasteiger charge is -2.25. The molecule has 2 unspecified atom stereocenters. The zero-order valence-corrected chi connectivity index (χ0v) is 16.5. The smallest absolute Gasteiger partial charge is 0.501 e. The lowest BCUT2D eigenvalue weighted by molar-refractivity contribution is -0.119. The predicted octanol–water partition coefficient (Wildman–Crippen LogP) is 2.67. The molecule has 0 saturated heterocycles. The van der Waals surface area contributed by atoms with Crippen molar-refractivity contribution in [3.05, 3.63) is 47.7 Å². The minimum absolute atomic E-state index is 0.